The monoisotopic (exact) mass is 521 g/mol. The number of nitrogens with zero attached hydrogens (tertiary/aromatic N) is 4. The van der Waals surface area contributed by atoms with Gasteiger partial charge < -0.3 is 29.5 Å². The number of aliphatic hydroxyl groups excluding tert-OH is 1. The molecule has 2 N–H and O–H groups in total. The summed E-state index contributed by atoms with van der Waals surface area (Å²) in [4.78, 5) is 41.6. The van der Waals surface area contributed by atoms with Gasteiger partial charge in [0.05, 0.1) is 23.8 Å². The van der Waals surface area contributed by atoms with Gasteiger partial charge in [0, 0.05) is 38.0 Å². The highest BCUT2D eigenvalue weighted by Gasteiger charge is 2.43. The van der Waals surface area contributed by atoms with E-state index in [1.54, 1.807) is 30.3 Å². The summed E-state index contributed by atoms with van der Waals surface area (Å²) in [6, 6.07) is 9.64. The first-order valence-electron chi connectivity index (χ1n) is 13.2. The number of piperidine rings is 1. The van der Waals surface area contributed by atoms with Gasteiger partial charge in [-0.1, -0.05) is 31.1 Å². The van der Waals surface area contributed by atoms with Gasteiger partial charge in [-0.2, -0.15) is 5.26 Å². The van der Waals surface area contributed by atoms with E-state index in [1.807, 2.05) is 20.8 Å². The molecule has 202 valence electrons. The van der Waals surface area contributed by atoms with E-state index in [2.05, 4.69) is 21.4 Å². The van der Waals surface area contributed by atoms with Crippen molar-refractivity contribution >= 4 is 23.9 Å². The van der Waals surface area contributed by atoms with Crippen molar-refractivity contribution < 1.29 is 24.0 Å². The number of anilines is 1. The fraction of sp³-hybridized carbons (Fsp3) is 0.536. The fourth-order valence-electron chi connectivity index (χ4n) is 5.30. The molecule has 10 nitrogen and oxygen atoms in total. The first kappa shape index (κ1) is 27.3. The Balaban J connectivity index is 1.47. The molecule has 1 unspecified atom stereocenters. The number of carbonyl (C=O) groups is 3. The molecule has 2 amide bonds. The predicted molar refractivity (Wildman–Crippen MR) is 139 cm³/mol. The van der Waals surface area contributed by atoms with Crippen LogP contribution in [-0.2, 0) is 14.4 Å². The van der Waals surface area contributed by atoms with Crippen LogP contribution >= 0.6 is 0 Å². The Kier molecular flexibility index (Phi) is 8.47. The molecule has 38 heavy (non-hydrogen) atoms. The second-order valence-electron chi connectivity index (χ2n) is 10.6. The first-order valence-corrected chi connectivity index (χ1v) is 13.2. The summed E-state index contributed by atoms with van der Waals surface area (Å²) in [5.41, 5.74) is 1.36. The van der Waals surface area contributed by atoms with E-state index in [9.17, 15) is 19.5 Å². The third-order valence-corrected chi connectivity index (χ3v) is 7.57. The summed E-state index contributed by atoms with van der Waals surface area (Å²) in [7, 11) is 0. The summed E-state index contributed by atoms with van der Waals surface area (Å²) in [5, 5.41) is 26.6. The highest BCUT2D eigenvalue weighted by molar-refractivity contribution is 5.91. The fourth-order valence-corrected chi connectivity index (χ4v) is 5.30. The van der Waals surface area contributed by atoms with Crippen LogP contribution in [0.1, 0.15) is 68.9 Å². The van der Waals surface area contributed by atoms with Crippen molar-refractivity contribution in [3.63, 3.8) is 0 Å². The third kappa shape index (κ3) is 5.89. The normalized spacial score (nSPS) is 21.7. The van der Waals surface area contributed by atoms with Crippen LogP contribution in [0.3, 0.4) is 0 Å². The zero-order valence-electron chi connectivity index (χ0n) is 22.0. The molecule has 2 fully saturated rings. The van der Waals surface area contributed by atoms with Gasteiger partial charge in [-0.25, -0.2) is 0 Å². The Morgan fingerprint density at radius 3 is 2.50 bits per heavy atom. The number of benzene rings is 1. The molecule has 2 saturated heterocycles. The number of β-amino-alcohol motifs (C(OH)–C–C–N with tert-alkyl or cyclic N) is 1. The summed E-state index contributed by atoms with van der Waals surface area (Å²) in [6.45, 7) is 7.10. The number of aliphatic hydroxyl groups is 1. The molecule has 2 aliphatic heterocycles. The first-order chi connectivity index (χ1) is 18.2. The van der Waals surface area contributed by atoms with Crippen molar-refractivity contribution in [2.45, 2.75) is 64.1 Å². The van der Waals surface area contributed by atoms with Crippen molar-refractivity contribution in [1.29, 1.82) is 5.26 Å². The lowest BCUT2D eigenvalue weighted by atomic mass is 9.91. The van der Waals surface area contributed by atoms with Gasteiger partial charge >= 0.3 is 0 Å². The maximum absolute atomic E-state index is 13.8. The number of aromatic nitrogens is 1. The Hall–Kier alpha value is -3.71. The number of nitrogens with one attached hydrogen (secondary N) is 1. The number of nitriles is 1. The summed E-state index contributed by atoms with van der Waals surface area (Å²) >= 11 is 0. The lowest BCUT2D eigenvalue weighted by molar-refractivity contribution is -0.141. The molecule has 0 spiro atoms. The maximum atomic E-state index is 13.8. The minimum atomic E-state index is -0.815. The highest BCUT2D eigenvalue weighted by Crippen LogP contribution is 2.33. The van der Waals surface area contributed by atoms with E-state index in [-0.39, 0.29) is 42.7 Å². The standard InChI is InChI=1S/C28H35N5O5/c1-17(2)26(24-13-25(31-38-24)32-10-8-20(16-34)9-11-32)28(37)33-15-22(35)12-23(33)27(36)30-18(3)21-6-4-19(14-29)5-7-21/h4-7,13,16-18,20,22-23,26,35H,8-12,15H2,1-3H3,(H,30,36)/t18-,22+,23-,26?/m0/s1. The predicted octanol–water partition coefficient (Wildman–Crippen LogP) is 2.54. The minimum absolute atomic E-state index is 0.0611. The van der Waals surface area contributed by atoms with Crippen LogP contribution in [0, 0.1) is 23.2 Å². The van der Waals surface area contributed by atoms with Gasteiger partial charge in [-0.05, 0) is 43.4 Å². The number of hydrogen-bond donors (Lipinski definition) is 2. The van der Waals surface area contributed by atoms with E-state index >= 15 is 0 Å². The number of amides is 2. The Morgan fingerprint density at radius 2 is 1.89 bits per heavy atom. The summed E-state index contributed by atoms with van der Waals surface area (Å²) < 4.78 is 5.64. The van der Waals surface area contributed by atoms with E-state index in [1.165, 1.54) is 4.90 Å². The summed E-state index contributed by atoms with van der Waals surface area (Å²) in [6.07, 6.45) is 1.84. The largest absolute Gasteiger partial charge is 0.391 e. The molecule has 0 aliphatic carbocycles. The summed E-state index contributed by atoms with van der Waals surface area (Å²) in [5.74, 6) is -0.315. The van der Waals surface area contributed by atoms with Gasteiger partial charge in [-0.15, -0.1) is 0 Å². The molecule has 0 radical (unpaired) electrons. The molecule has 0 bridgehead atoms. The van der Waals surface area contributed by atoms with Gasteiger partial charge in [-0.3, -0.25) is 9.59 Å². The smallest absolute Gasteiger partial charge is 0.243 e. The van der Waals surface area contributed by atoms with Crippen LogP contribution in [0.15, 0.2) is 34.9 Å². The second kappa shape index (κ2) is 11.8. The maximum Gasteiger partial charge on any atom is 0.243 e. The van der Waals surface area contributed by atoms with Crippen LogP contribution in [0.5, 0.6) is 0 Å². The molecule has 4 atom stereocenters. The number of aldehydes is 1. The molecule has 3 heterocycles. The number of hydrogen-bond acceptors (Lipinski definition) is 8. The number of likely N-dealkylation sites (tertiary alicyclic amines) is 1. The van der Waals surface area contributed by atoms with Gasteiger partial charge in [0.2, 0.25) is 11.8 Å². The molecule has 2 aliphatic rings. The van der Waals surface area contributed by atoms with E-state index in [4.69, 9.17) is 9.78 Å². The van der Waals surface area contributed by atoms with Crippen LogP contribution in [0.25, 0.3) is 0 Å². The molecule has 1 aromatic heterocycles. The lowest BCUT2D eigenvalue weighted by Crippen LogP contribution is -2.48. The topological polar surface area (TPSA) is 140 Å². The second-order valence-corrected chi connectivity index (χ2v) is 10.6. The molecule has 2 aromatic rings. The zero-order chi connectivity index (χ0) is 27.4. The molecule has 4 rings (SSSR count). The SMILES string of the molecule is CC(C)C(C(=O)N1C[C@H](O)C[C@H]1C(=O)N[C@@H](C)c1ccc(C#N)cc1)c1cc(N2CCC(C=O)CC2)no1. The zero-order valence-corrected chi connectivity index (χ0v) is 22.0. The Bertz CT molecular complexity index is 1180. The van der Waals surface area contributed by atoms with Gasteiger partial charge in [0.15, 0.2) is 11.6 Å². The average Bonchev–Trinajstić information content (AvgIpc) is 3.55. The molecular weight excluding hydrogens is 486 g/mol. The Morgan fingerprint density at radius 1 is 1.21 bits per heavy atom. The lowest BCUT2D eigenvalue weighted by Gasteiger charge is -2.30. The molecular formula is C28H35N5O5. The highest BCUT2D eigenvalue weighted by atomic mass is 16.5. The quantitative estimate of drug-likeness (QED) is 0.505. The Labute approximate surface area is 222 Å². The van der Waals surface area contributed by atoms with E-state index in [0.29, 0.717) is 30.2 Å². The van der Waals surface area contributed by atoms with Crippen molar-refractivity contribution in [2.24, 2.45) is 11.8 Å². The molecule has 10 heteroatoms. The minimum Gasteiger partial charge on any atom is -0.391 e. The van der Waals surface area contributed by atoms with E-state index < -0.39 is 18.1 Å². The van der Waals surface area contributed by atoms with Crippen LogP contribution < -0.4 is 10.2 Å². The van der Waals surface area contributed by atoms with Gasteiger partial charge in [0.1, 0.15) is 18.2 Å². The molecule has 0 saturated carbocycles. The molecule has 1 aromatic carbocycles. The van der Waals surface area contributed by atoms with Crippen molar-refractivity contribution in [3.05, 3.63) is 47.2 Å². The van der Waals surface area contributed by atoms with Crippen molar-refractivity contribution in [1.82, 2.24) is 15.4 Å². The van der Waals surface area contributed by atoms with Crippen molar-refractivity contribution in [2.75, 3.05) is 24.5 Å². The average molecular weight is 522 g/mol. The third-order valence-electron chi connectivity index (χ3n) is 7.57. The van der Waals surface area contributed by atoms with Crippen LogP contribution in [-0.4, -0.2) is 65.0 Å². The van der Waals surface area contributed by atoms with Gasteiger partial charge in [0.25, 0.3) is 0 Å². The van der Waals surface area contributed by atoms with E-state index in [0.717, 1.165) is 24.7 Å². The van der Waals surface area contributed by atoms with Crippen LogP contribution in [0.2, 0.25) is 0 Å². The number of carbonyl (C=O) groups excluding carboxylic acids is 3. The number of rotatable bonds is 8. The van der Waals surface area contributed by atoms with Crippen molar-refractivity contribution in [3.8, 4) is 6.07 Å². The van der Waals surface area contributed by atoms with Crippen LogP contribution in [0.4, 0.5) is 5.82 Å².